The van der Waals surface area contributed by atoms with Crippen molar-refractivity contribution in [1.29, 1.82) is 0 Å². The monoisotopic (exact) mass is 294 g/mol. The summed E-state index contributed by atoms with van der Waals surface area (Å²) >= 11 is 0. The van der Waals surface area contributed by atoms with Crippen LogP contribution in [0, 0.1) is 0 Å². The predicted molar refractivity (Wildman–Crippen MR) is 89.1 cm³/mol. The third-order valence-corrected chi connectivity index (χ3v) is 3.13. The number of rotatable bonds is 6. The molecule has 0 atom stereocenters. The highest BCUT2D eigenvalue weighted by molar-refractivity contribution is 6.04. The lowest BCUT2D eigenvalue weighted by Gasteiger charge is -2.03. The molecule has 3 heteroatoms. The highest BCUT2D eigenvalue weighted by atomic mass is 16.5. The SMILES string of the molecule is COc1ccccc1C=CC(=O)C=Cc1ccccc1OC. The van der Waals surface area contributed by atoms with Crippen molar-refractivity contribution < 1.29 is 14.3 Å². The smallest absolute Gasteiger partial charge is 0.178 e. The van der Waals surface area contributed by atoms with Gasteiger partial charge in [-0.15, -0.1) is 0 Å². The van der Waals surface area contributed by atoms with Crippen molar-refractivity contribution in [3.8, 4) is 11.5 Å². The van der Waals surface area contributed by atoms with Crippen molar-refractivity contribution in [1.82, 2.24) is 0 Å². The average molecular weight is 294 g/mol. The maximum absolute atomic E-state index is 11.9. The Morgan fingerprint density at radius 2 is 1.18 bits per heavy atom. The molecule has 0 N–H and O–H groups in total. The quantitative estimate of drug-likeness (QED) is 0.755. The topological polar surface area (TPSA) is 35.5 Å². The minimum atomic E-state index is -0.100. The summed E-state index contributed by atoms with van der Waals surface area (Å²) in [5.74, 6) is 1.37. The molecule has 0 spiro atoms. The third kappa shape index (κ3) is 4.09. The molecule has 0 aliphatic carbocycles. The summed E-state index contributed by atoms with van der Waals surface area (Å²) in [6.07, 6.45) is 6.52. The Morgan fingerprint density at radius 3 is 1.59 bits per heavy atom. The van der Waals surface area contributed by atoms with E-state index in [0.717, 1.165) is 22.6 Å². The summed E-state index contributed by atoms with van der Waals surface area (Å²) in [7, 11) is 3.21. The van der Waals surface area contributed by atoms with Crippen molar-refractivity contribution in [2.75, 3.05) is 14.2 Å². The molecule has 0 unspecified atom stereocenters. The Labute approximate surface area is 130 Å². The molecule has 2 aromatic carbocycles. The molecule has 0 heterocycles. The van der Waals surface area contributed by atoms with Crippen molar-refractivity contribution in [3.05, 3.63) is 71.8 Å². The van der Waals surface area contributed by atoms with E-state index < -0.39 is 0 Å². The summed E-state index contributed by atoms with van der Waals surface area (Å²) in [6.45, 7) is 0. The van der Waals surface area contributed by atoms with Gasteiger partial charge in [-0.3, -0.25) is 4.79 Å². The maximum atomic E-state index is 11.9. The standard InChI is InChI=1S/C19H18O3/c1-21-18-9-5-3-7-15(18)11-13-17(20)14-12-16-8-4-6-10-19(16)22-2/h3-14H,1-2H3. The van der Waals surface area contributed by atoms with E-state index in [0.29, 0.717) is 0 Å². The van der Waals surface area contributed by atoms with Crippen molar-refractivity contribution in [3.63, 3.8) is 0 Å². The molecular formula is C19H18O3. The molecule has 0 saturated carbocycles. The van der Waals surface area contributed by atoms with Gasteiger partial charge >= 0.3 is 0 Å². The van der Waals surface area contributed by atoms with E-state index in [-0.39, 0.29) is 5.78 Å². The number of methoxy groups -OCH3 is 2. The Bertz CT molecular complexity index is 640. The number of allylic oxidation sites excluding steroid dienone is 2. The summed E-state index contributed by atoms with van der Waals surface area (Å²) in [4.78, 5) is 11.9. The van der Waals surface area contributed by atoms with Gasteiger partial charge in [0.15, 0.2) is 5.78 Å². The molecule has 0 radical (unpaired) electrons. The Hall–Kier alpha value is -2.81. The van der Waals surface area contributed by atoms with Crippen molar-refractivity contribution in [2.45, 2.75) is 0 Å². The fourth-order valence-electron chi connectivity index (χ4n) is 2.01. The van der Waals surface area contributed by atoms with Crippen molar-refractivity contribution in [2.24, 2.45) is 0 Å². The third-order valence-electron chi connectivity index (χ3n) is 3.13. The van der Waals surface area contributed by atoms with Gasteiger partial charge < -0.3 is 9.47 Å². The Kier molecular flexibility index (Phi) is 5.55. The molecule has 0 aromatic heterocycles. The van der Waals surface area contributed by atoms with Gasteiger partial charge in [-0.2, -0.15) is 0 Å². The first-order valence-electron chi connectivity index (χ1n) is 6.90. The zero-order valence-electron chi connectivity index (χ0n) is 12.7. The van der Waals surface area contributed by atoms with Crippen LogP contribution in [0.25, 0.3) is 12.2 Å². The van der Waals surface area contributed by atoms with E-state index in [1.807, 2.05) is 48.5 Å². The largest absolute Gasteiger partial charge is 0.496 e. The van der Waals surface area contributed by atoms with Gasteiger partial charge in [0.2, 0.25) is 0 Å². The van der Waals surface area contributed by atoms with E-state index in [4.69, 9.17) is 9.47 Å². The molecule has 0 aliphatic rings. The van der Waals surface area contributed by atoms with E-state index in [9.17, 15) is 4.79 Å². The van der Waals surface area contributed by atoms with Crippen LogP contribution in [-0.2, 0) is 4.79 Å². The lowest BCUT2D eigenvalue weighted by molar-refractivity contribution is -0.110. The molecule has 3 nitrogen and oxygen atoms in total. The minimum Gasteiger partial charge on any atom is -0.496 e. The zero-order valence-corrected chi connectivity index (χ0v) is 12.7. The normalized spacial score (nSPS) is 11.0. The zero-order chi connectivity index (χ0) is 15.8. The van der Waals surface area contributed by atoms with Crippen molar-refractivity contribution >= 4 is 17.9 Å². The first kappa shape index (κ1) is 15.6. The van der Waals surface area contributed by atoms with Crippen LogP contribution in [0.3, 0.4) is 0 Å². The maximum Gasteiger partial charge on any atom is 0.178 e. The van der Waals surface area contributed by atoms with Gasteiger partial charge in [0.05, 0.1) is 14.2 Å². The van der Waals surface area contributed by atoms with E-state index in [1.54, 1.807) is 26.4 Å². The number of carbonyl (C=O) groups excluding carboxylic acids is 1. The summed E-state index contributed by atoms with van der Waals surface area (Å²) < 4.78 is 10.5. The lowest BCUT2D eigenvalue weighted by atomic mass is 10.1. The second kappa shape index (κ2) is 7.84. The molecule has 0 aliphatic heterocycles. The molecule has 0 bridgehead atoms. The van der Waals surface area contributed by atoms with Gasteiger partial charge in [0.1, 0.15) is 11.5 Å². The second-order valence-electron chi connectivity index (χ2n) is 4.55. The molecule has 0 fully saturated rings. The van der Waals surface area contributed by atoms with Gasteiger partial charge in [-0.1, -0.05) is 36.4 Å². The van der Waals surface area contributed by atoms with E-state index >= 15 is 0 Å². The average Bonchev–Trinajstić information content (AvgIpc) is 2.58. The molecule has 22 heavy (non-hydrogen) atoms. The van der Waals surface area contributed by atoms with Crippen LogP contribution in [-0.4, -0.2) is 20.0 Å². The van der Waals surface area contributed by atoms with Gasteiger partial charge in [0.25, 0.3) is 0 Å². The number of ketones is 1. The molecule has 2 aromatic rings. The highest BCUT2D eigenvalue weighted by Gasteiger charge is 1.99. The Balaban J connectivity index is 2.09. The molecule has 2 rings (SSSR count). The predicted octanol–water partition coefficient (Wildman–Crippen LogP) is 4.00. The fraction of sp³-hybridized carbons (Fsp3) is 0.105. The van der Waals surface area contributed by atoms with Crippen LogP contribution in [0.2, 0.25) is 0 Å². The van der Waals surface area contributed by atoms with Crippen LogP contribution < -0.4 is 9.47 Å². The highest BCUT2D eigenvalue weighted by Crippen LogP contribution is 2.20. The summed E-state index contributed by atoms with van der Waals surface area (Å²) in [5, 5.41) is 0. The number of benzene rings is 2. The van der Waals surface area contributed by atoms with E-state index in [1.165, 1.54) is 12.2 Å². The summed E-state index contributed by atoms with van der Waals surface area (Å²) in [6, 6.07) is 15.1. The van der Waals surface area contributed by atoms with Crippen LogP contribution >= 0.6 is 0 Å². The molecular weight excluding hydrogens is 276 g/mol. The number of hydrogen-bond acceptors (Lipinski definition) is 3. The van der Waals surface area contributed by atoms with Crippen LogP contribution in [0.1, 0.15) is 11.1 Å². The Morgan fingerprint density at radius 1 is 0.773 bits per heavy atom. The van der Waals surface area contributed by atoms with Crippen LogP contribution in [0.4, 0.5) is 0 Å². The minimum absolute atomic E-state index is 0.100. The van der Waals surface area contributed by atoms with E-state index in [2.05, 4.69) is 0 Å². The molecule has 112 valence electrons. The number of ether oxygens (including phenoxy) is 2. The van der Waals surface area contributed by atoms with Crippen LogP contribution in [0.5, 0.6) is 11.5 Å². The number of para-hydroxylation sites is 2. The molecule has 0 saturated heterocycles. The van der Waals surface area contributed by atoms with Gasteiger partial charge in [-0.05, 0) is 36.4 Å². The first-order chi connectivity index (χ1) is 10.7. The second-order valence-corrected chi connectivity index (χ2v) is 4.55. The van der Waals surface area contributed by atoms with Crippen LogP contribution in [0.15, 0.2) is 60.7 Å². The lowest BCUT2D eigenvalue weighted by Crippen LogP contribution is -1.89. The first-order valence-corrected chi connectivity index (χ1v) is 6.90. The van der Waals surface area contributed by atoms with Gasteiger partial charge in [-0.25, -0.2) is 0 Å². The van der Waals surface area contributed by atoms with Gasteiger partial charge in [0, 0.05) is 11.1 Å². The number of carbonyl (C=O) groups is 1. The molecule has 0 amide bonds. The number of hydrogen-bond donors (Lipinski definition) is 0. The summed E-state index contributed by atoms with van der Waals surface area (Å²) in [5.41, 5.74) is 1.73. The fourth-order valence-corrected chi connectivity index (χ4v) is 2.01.